The van der Waals surface area contributed by atoms with Gasteiger partial charge in [-0.2, -0.15) is 0 Å². The molecule has 0 saturated carbocycles. The van der Waals surface area contributed by atoms with Crippen LogP contribution >= 0.6 is 11.6 Å². The van der Waals surface area contributed by atoms with Crippen molar-refractivity contribution in [1.82, 2.24) is 4.90 Å². The molecule has 5 heteroatoms. The van der Waals surface area contributed by atoms with Gasteiger partial charge in [-0.1, -0.05) is 30.5 Å². The summed E-state index contributed by atoms with van der Waals surface area (Å²) < 4.78 is 13.2. The normalized spacial score (nSPS) is 22.2. The number of halogens is 2. The van der Waals surface area contributed by atoms with E-state index in [0.29, 0.717) is 6.42 Å². The number of carboxylic acid groups (broad SMARTS) is 1. The van der Waals surface area contributed by atoms with Crippen molar-refractivity contribution in [1.29, 1.82) is 0 Å². The molecule has 2 unspecified atom stereocenters. The number of rotatable bonds is 3. The van der Waals surface area contributed by atoms with E-state index in [1.807, 2.05) is 11.8 Å². The summed E-state index contributed by atoms with van der Waals surface area (Å²) in [4.78, 5) is 13.4. The summed E-state index contributed by atoms with van der Waals surface area (Å²) >= 11 is 5.82. The molecule has 1 aromatic rings. The number of carboxylic acids is 1. The Hall–Kier alpha value is -1.13. The van der Waals surface area contributed by atoms with Crippen LogP contribution < -0.4 is 0 Å². The minimum absolute atomic E-state index is 0.0797. The molecule has 1 aliphatic rings. The number of likely N-dealkylation sites (tertiary alicyclic amines) is 1. The van der Waals surface area contributed by atoms with Crippen molar-refractivity contribution in [3.8, 4) is 0 Å². The Bertz CT molecular complexity index is 495. The number of hydrogen-bond acceptors (Lipinski definition) is 2. The first kappa shape index (κ1) is 15.3. The van der Waals surface area contributed by atoms with E-state index >= 15 is 0 Å². The lowest BCUT2D eigenvalue weighted by atomic mass is 10.0. The van der Waals surface area contributed by atoms with Gasteiger partial charge in [-0.15, -0.1) is 0 Å². The van der Waals surface area contributed by atoms with Gasteiger partial charge in [-0.3, -0.25) is 9.69 Å². The first-order chi connectivity index (χ1) is 9.50. The van der Waals surface area contributed by atoms with Gasteiger partial charge in [0.15, 0.2) is 0 Å². The van der Waals surface area contributed by atoms with E-state index < -0.39 is 17.8 Å². The molecule has 0 spiro atoms. The number of hydrogen-bond donors (Lipinski definition) is 1. The van der Waals surface area contributed by atoms with E-state index in [0.717, 1.165) is 31.4 Å². The van der Waals surface area contributed by atoms with E-state index in [1.165, 1.54) is 6.07 Å². The first-order valence-corrected chi connectivity index (χ1v) is 7.32. The molecule has 20 heavy (non-hydrogen) atoms. The standard InChI is InChI=1S/C15H19ClFNO2/c1-10(11-6-7-13(17)12(16)9-11)18-8-4-2-3-5-14(18)15(19)20/h6-7,9-10,14H,2-5,8H2,1H3,(H,19,20). The van der Waals surface area contributed by atoms with Crippen molar-refractivity contribution < 1.29 is 14.3 Å². The second kappa shape index (κ2) is 6.55. The molecule has 0 radical (unpaired) electrons. The van der Waals surface area contributed by atoms with Crippen LogP contribution in [0.15, 0.2) is 18.2 Å². The molecule has 2 rings (SSSR count). The molecule has 1 fully saturated rings. The lowest BCUT2D eigenvalue weighted by molar-refractivity contribution is -0.144. The molecule has 3 nitrogen and oxygen atoms in total. The summed E-state index contributed by atoms with van der Waals surface area (Å²) in [7, 11) is 0. The Morgan fingerprint density at radius 1 is 1.45 bits per heavy atom. The molecule has 0 amide bonds. The zero-order valence-corrected chi connectivity index (χ0v) is 12.2. The largest absolute Gasteiger partial charge is 0.480 e. The Labute approximate surface area is 123 Å². The van der Waals surface area contributed by atoms with Gasteiger partial charge < -0.3 is 5.11 Å². The number of carbonyl (C=O) groups is 1. The van der Waals surface area contributed by atoms with Crippen LogP contribution in [0.2, 0.25) is 5.02 Å². The van der Waals surface area contributed by atoms with Crippen molar-refractivity contribution in [3.05, 3.63) is 34.6 Å². The maximum absolute atomic E-state index is 13.2. The number of benzene rings is 1. The molecule has 1 saturated heterocycles. The van der Waals surface area contributed by atoms with E-state index in [-0.39, 0.29) is 11.1 Å². The number of aliphatic carboxylic acids is 1. The highest BCUT2D eigenvalue weighted by Crippen LogP contribution is 2.29. The Balaban J connectivity index is 2.25. The summed E-state index contributed by atoms with van der Waals surface area (Å²) in [6.45, 7) is 2.69. The molecule has 1 N–H and O–H groups in total. The SMILES string of the molecule is CC(c1ccc(F)c(Cl)c1)N1CCCCCC1C(=O)O. The van der Waals surface area contributed by atoms with Crippen LogP contribution in [0.25, 0.3) is 0 Å². The van der Waals surface area contributed by atoms with E-state index in [1.54, 1.807) is 12.1 Å². The van der Waals surface area contributed by atoms with Crippen molar-refractivity contribution >= 4 is 17.6 Å². The first-order valence-electron chi connectivity index (χ1n) is 6.94. The maximum atomic E-state index is 13.2. The van der Waals surface area contributed by atoms with Gasteiger partial charge in [-0.05, 0) is 44.0 Å². The average molecular weight is 300 g/mol. The fourth-order valence-corrected chi connectivity index (χ4v) is 3.01. The third-order valence-corrected chi connectivity index (χ3v) is 4.29. The molecule has 0 bridgehead atoms. The van der Waals surface area contributed by atoms with Crippen LogP contribution in [-0.2, 0) is 4.79 Å². The van der Waals surface area contributed by atoms with E-state index in [2.05, 4.69) is 0 Å². The zero-order chi connectivity index (χ0) is 14.7. The highest BCUT2D eigenvalue weighted by atomic mass is 35.5. The van der Waals surface area contributed by atoms with Crippen LogP contribution in [-0.4, -0.2) is 28.6 Å². The molecule has 2 atom stereocenters. The third kappa shape index (κ3) is 3.30. The minimum Gasteiger partial charge on any atom is -0.480 e. The minimum atomic E-state index is -0.785. The predicted octanol–water partition coefficient (Wildman–Crippen LogP) is 3.87. The third-order valence-electron chi connectivity index (χ3n) is 4.00. The summed E-state index contributed by atoms with van der Waals surface area (Å²) in [6.07, 6.45) is 3.64. The summed E-state index contributed by atoms with van der Waals surface area (Å²) in [6, 6.07) is 4.03. The van der Waals surface area contributed by atoms with Crippen LogP contribution in [0.4, 0.5) is 4.39 Å². The molecule has 110 valence electrons. The zero-order valence-electron chi connectivity index (χ0n) is 11.5. The monoisotopic (exact) mass is 299 g/mol. The molecule has 1 aliphatic heterocycles. The molecular weight excluding hydrogens is 281 g/mol. The van der Waals surface area contributed by atoms with Crippen molar-refractivity contribution in [2.24, 2.45) is 0 Å². The lowest BCUT2D eigenvalue weighted by Crippen LogP contribution is -2.42. The predicted molar refractivity (Wildman–Crippen MR) is 76.4 cm³/mol. The van der Waals surface area contributed by atoms with Crippen molar-refractivity contribution in [2.45, 2.75) is 44.7 Å². The highest BCUT2D eigenvalue weighted by molar-refractivity contribution is 6.30. The molecular formula is C15H19ClFNO2. The smallest absolute Gasteiger partial charge is 0.320 e. The van der Waals surface area contributed by atoms with Crippen molar-refractivity contribution in [2.75, 3.05) is 6.54 Å². The maximum Gasteiger partial charge on any atom is 0.320 e. The Morgan fingerprint density at radius 3 is 2.85 bits per heavy atom. The topological polar surface area (TPSA) is 40.5 Å². The van der Waals surface area contributed by atoms with Gasteiger partial charge in [0.1, 0.15) is 11.9 Å². The summed E-state index contributed by atoms with van der Waals surface area (Å²) in [5, 5.41) is 9.48. The van der Waals surface area contributed by atoms with Gasteiger partial charge in [0.05, 0.1) is 5.02 Å². The Morgan fingerprint density at radius 2 is 2.20 bits per heavy atom. The second-order valence-electron chi connectivity index (χ2n) is 5.29. The summed E-state index contributed by atoms with van der Waals surface area (Å²) in [5.74, 6) is -1.24. The van der Waals surface area contributed by atoms with Crippen LogP contribution in [0.1, 0.15) is 44.2 Å². The fraction of sp³-hybridized carbons (Fsp3) is 0.533. The Kier molecular flexibility index (Phi) is 5.00. The van der Waals surface area contributed by atoms with Gasteiger partial charge in [0.25, 0.3) is 0 Å². The van der Waals surface area contributed by atoms with Crippen molar-refractivity contribution in [3.63, 3.8) is 0 Å². The lowest BCUT2D eigenvalue weighted by Gasteiger charge is -2.33. The number of nitrogens with zero attached hydrogens (tertiary/aromatic N) is 1. The fourth-order valence-electron chi connectivity index (χ4n) is 2.82. The highest BCUT2D eigenvalue weighted by Gasteiger charge is 2.31. The molecule has 1 aromatic carbocycles. The van der Waals surface area contributed by atoms with Gasteiger partial charge in [0.2, 0.25) is 0 Å². The average Bonchev–Trinajstić information content (AvgIpc) is 2.66. The molecule has 0 aromatic heterocycles. The van der Waals surface area contributed by atoms with Gasteiger partial charge in [-0.25, -0.2) is 4.39 Å². The second-order valence-corrected chi connectivity index (χ2v) is 5.70. The van der Waals surface area contributed by atoms with Crippen LogP contribution in [0.3, 0.4) is 0 Å². The molecule has 1 heterocycles. The van der Waals surface area contributed by atoms with E-state index in [4.69, 9.17) is 11.6 Å². The van der Waals surface area contributed by atoms with Crippen LogP contribution in [0, 0.1) is 5.82 Å². The van der Waals surface area contributed by atoms with Gasteiger partial charge in [0, 0.05) is 6.04 Å². The summed E-state index contributed by atoms with van der Waals surface area (Å²) in [5.41, 5.74) is 0.851. The van der Waals surface area contributed by atoms with Crippen LogP contribution in [0.5, 0.6) is 0 Å². The quantitative estimate of drug-likeness (QED) is 0.921. The van der Waals surface area contributed by atoms with Gasteiger partial charge >= 0.3 is 5.97 Å². The van der Waals surface area contributed by atoms with E-state index in [9.17, 15) is 14.3 Å². The molecule has 0 aliphatic carbocycles.